The highest BCUT2D eigenvalue weighted by molar-refractivity contribution is 5.98. The van der Waals surface area contributed by atoms with Gasteiger partial charge in [-0.05, 0) is 46.5 Å². The molecule has 182 valence electrons. The van der Waals surface area contributed by atoms with Crippen LogP contribution in [0.3, 0.4) is 0 Å². The molecule has 1 aromatic heterocycles. The predicted molar refractivity (Wildman–Crippen MR) is 132 cm³/mol. The molecule has 0 unspecified atom stereocenters. The van der Waals surface area contributed by atoms with E-state index in [-0.39, 0.29) is 12.5 Å². The van der Waals surface area contributed by atoms with Crippen LogP contribution in [-0.2, 0) is 18.4 Å². The number of rotatable bonds is 7. The summed E-state index contributed by atoms with van der Waals surface area (Å²) in [7, 11) is 3.34. The second-order valence-corrected chi connectivity index (χ2v) is 8.51. The van der Waals surface area contributed by atoms with Gasteiger partial charge in [0.1, 0.15) is 16.8 Å². The van der Waals surface area contributed by atoms with Crippen LogP contribution in [0.4, 0.5) is 4.79 Å². The molecule has 2 N–H and O–H groups in total. The lowest BCUT2D eigenvalue weighted by molar-refractivity contribution is -0.108. The number of carbonyl (C=O) groups is 3. The minimum absolute atomic E-state index is 0.139. The number of aromatic nitrogens is 3. The minimum atomic E-state index is -0.641. The van der Waals surface area contributed by atoms with Crippen molar-refractivity contribution in [1.82, 2.24) is 30.5 Å². The number of imide groups is 1. The maximum absolute atomic E-state index is 13.1. The van der Waals surface area contributed by atoms with Crippen LogP contribution in [0.1, 0.15) is 27.5 Å². The molecule has 0 radical (unpaired) electrons. The maximum Gasteiger partial charge on any atom is 0.321 e. The molecule has 0 saturated heterocycles. The predicted octanol–water partition coefficient (Wildman–Crippen LogP) is 2.80. The number of methoxy groups -OCH3 is 1. The van der Waals surface area contributed by atoms with Gasteiger partial charge in [-0.2, -0.15) is 15.0 Å². The molecule has 4 amide bonds. The van der Waals surface area contributed by atoms with Gasteiger partial charge in [0.25, 0.3) is 5.91 Å². The van der Waals surface area contributed by atoms with Gasteiger partial charge in [0.2, 0.25) is 6.41 Å². The number of hydrogen-bond donors (Lipinski definition) is 2. The summed E-state index contributed by atoms with van der Waals surface area (Å²) in [5, 5.41) is 13.6. The fourth-order valence-corrected chi connectivity index (χ4v) is 4.43. The Labute approximate surface area is 206 Å². The summed E-state index contributed by atoms with van der Waals surface area (Å²) in [6.45, 7) is 0.648. The highest BCUT2D eigenvalue weighted by Crippen LogP contribution is 2.29. The van der Waals surface area contributed by atoms with Gasteiger partial charge in [0.15, 0.2) is 0 Å². The summed E-state index contributed by atoms with van der Waals surface area (Å²) in [6, 6.07) is 17.8. The van der Waals surface area contributed by atoms with Crippen LogP contribution in [0.5, 0.6) is 5.75 Å². The van der Waals surface area contributed by atoms with E-state index >= 15 is 0 Å². The largest absolute Gasteiger partial charge is 0.497 e. The third-order valence-corrected chi connectivity index (χ3v) is 6.22. The number of carbonyl (C=O) groups excluding carboxylic acids is 3. The second kappa shape index (κ2) is 9.49. The van der Waals surface area contributed by atoms with Crippen LogP contribution in [0.25, 0.3) is 22.2 Å². The van der Waals surface area contributed by atoms with Gasteiger partial charge in [0, 0.05) is 25.7 Å². The Kier molecular flexibility index (Phi) is 6.07. The van der Waals surface area contributed by atoms with Crippen molar-refractivity contribution in [2.75, 3.05) is 13.7 Å². The van der Waals surface area contributed by atoms with Gasteiger partial charge in [0.05, 0.1) is 13.2 Å². The maximum atomic E-state index is 13.1. The second-order valence-electron chi connectivity index (χ2n) is 8.51. The summed E-state index contributed by atoms with van der Waals surface area (Å²) >= 11 is 0. The van der Waals surface area contributed by atoms with Crippen molar-refractivity contribution in [3.05, 3.63) is 77.4 Å². The van der Waals surface area contributed by atoms with Crippen molar-refractivity contribution in [1.29, 1.82) is 0 Å². The molecule has 0 fully saturated rings. The Morgan fingerprint density at radius 1 is 1.06 bits per heavy atom. The SMILES string of the molecule is COc1ccc2c(c1)C(=O)N(C[C@H](NC(=O)NC=O)c1ccc(-c3ccc4nn(C)nc4c3)cc1)C2. The number of nitrogens with zero attached hydrogens (tertiary/aromatic N) is 4. The number of hydrogen-bond acceptors (Lipinski definition) is 6. The molecule has 0 spiro atoms. The van der Waals surface area contributed by atoms with Gasteiger partial charge in [-0.3, -0.25) is 14.9 Å². The molecule has 10 heteroatoms. The molecule has 10 nitrogen and oxygen atoms in total. The molecule has 3 aromatic carbocycles. The summed E-state index contributed by atoms with van der Waals surface area (Å²) < 4.78 is 5.25. The molecule has 0 bridgehead atoms. The van der Waals surface area contributed by atoms with E-state index in [9.17, 15) is 14.4 Å². The molecule has 5 rings (SSSR count). The minimum Gasteiger partial charge on any atom is -0.497 e. The van der Waals surface area contributed by atoms with E-state index in [1.165, 1.54) is 4.80 Å². The molecule has 1 aliphatic heterocycles. The van der Waals surface area contributed by atoms with Crippen molar-refractivity contribution in [2.45, 2.75) is 12.6 Å². The number of nitrogens with one attached hydrogen (secondary N) is 2. The number of benzene rings is 3. The monoisotopic (exact) mass is 484 g/mol. The van der Waals surface area contributed by atoms with E-state index in [1.54, 1.807) is 25.1 Å². The first-order valence-corrected chi connectivity index (χ1v) is 11.3. The Hall–Kier alpha value is -4.73. The average molecular weight is 485 g/mol. The number of fused-ring (bicyclic) bond motifs is 2. The van der Waals surface area contributed by atoms with Gasteiger partial charge in [-0.1, -0.05) is 36.4 Å². The number of aryl methyl sites for hydroxylation is 1. The van der Waals surface area contributed by atoms with Gasteiger partial charge >= 0.3 is 6.03 Å². The molecule has 2 heterocycles. The van der Waals surface area contributed by atoms with Crippen molar-refractivity contribution < 1.29 is 19.1 Å². The zero-order chi connectivity index (χ0) is 25.2. The molecule has 1 atom stereocenters. The smallest absolute Gasteiger partial charge is 0.321 e. The molecule has 0 saturated carbocycles. The van der Waals surface area contributed by atoms with E-state index in [2.05, 4.69) is 20.8 Å². The normalized spacial score (nSPS) is 13.4. The van der Waals surface area contributed by atoms with Crippen molar-refractivity contribution in [3.63, 3.8) is 0 Å². The van der Waals surface area contributed by atoms with Crippen molar-refractivity contribution in [3.8, 4) is 16.9 Å². The Morgan fingerprint density at radius 2 is 1.81 bits per heavy atom. The third kappa shape index (κ3) is 4.48. The lowest BCUT2D eigenvalue weighted by atomic mass is 10.00. The molecule has 36 heavy (non-hydrogen) atoms. The highest BCUT2D eigenvalue weighted by atomic mass is 16.5. The lowest BCUT2D eigenvalue weighted by Gasteiger charge is -2.25. The first kappa shape index (κ1) is 23.0. The van der Waals surface area contributed by atoms with Crippen molar-refractivity contribution in [2.24, 2.45) is 7.05 Å². The zero-order valence-electron chi connectivity index (χ0n) is 19.8. The van der Waals surface area contributed by atoms with E-state index in [0.29, 0.717) is 24.3 Å². The summed E-state index contributed by atoms with van der Waals surface area (Å²) in [5.41, 5.74) is 5.84. The summed E-state index contributed by atoms with van der Waals surface area (Å²) in [4.78, 5) is 39.3. The quantitative estimate of drug-likeness (QED) is 0.390. The van der Waals surface area contributed by atoms with E-state index in [0.717, 1.165) is 33.3 Å². The van der Waals surface area contributed by atoms with E-state index < -0.39 is 12.1 Å². The molecule has 1 aliphatic rings. The molecule has 4 aromatic rings. The molecule has 0 aliphatic carbocycles. The van der Waals surface area contributed by atoms with Crippen molar-refractivity contribution >= 4 is 29.4 Å². The average Bonchev–Trinajstić information content (AvgIpc) is 3.41. The van der Waals surface area contributed by atoms with Crippen LogP contribution in [0.15, 0.2) is 60.7 Å². The molecular formula is C26H24N6O4. The van der Waals surface area contributed by atoms with Crippen LogP contribution in [-0.4, -0.2) is 51.9 Å². The van der Waals surface area contributed by atoms with Crippen LogP contribution in [0, 0.1) is 0 Å². The topological polar surface area (TPSA) is 118 Å². The summed E-state index contributed by atoms with van der Waals surface area (Å²) in [6.07, 6.45) is 0.321. The third-order valence-electron chi connectivity index (χ3n) is 6.22. The first-order chi connectivity index (χ1) is 17.4. The number of urea groups is 1. The van der Waals surface area contributed by atoms with Gasteiger partial charge < -0.3 is 15.0 Å². The Morgan fingerprint density at radius 3 is 2.56 bits per heavy atom. The first-order valence-electron chi connectivity index (χ1n) is 11.3. The number of amides is 4. The fraction of sp³-hybridized carbons (Fsp3) is 0.192. The summed E-state index contributed by atoms with van der Waals surface area (Å²) in [5.74, 6) is 0.472. The van der Waals surface area contributed by atoms with E-state index in [1.807, 2.05) is 54.6 Å². The standard InChI is InChI=1S/C26H24N6O4/c1-31-29-22-10-8-18(11-23(22)30-31)16-3-5-17(6-4-16)24(28-26(35)27-15-33)14-32-13-19-7-9-20(36-2)12-21(19)25(32)34/h3-12,15,24H,13-14H2,1-2H3,(H2,27,28,33,35)/t24-/m0/s1. The Balaban J connectivity index is 1.39. The number of ether oxygens (including phenoxy) is 1. The zero-order valence-corrected chi connectivity index (χ0v) is 19.8. The van der Waals surface area contributed by atoms with Crippen LogP contribution in [0.2, 0.25) is 0 Å². The lowest BCUT2D eigenvalue weighted by Crippen LogP contribution is -2.42. The van der Waals surface area contributed by atoms with E-state index in [4.69, 9.17) is 4.74 Å². The van der Waals surface area contributed by atoms with Crippen LogP contribution >= 0.6 is 0 Å². The van der Waals surface area contributed by atoms with Gasteiger partial charge in [-0.15, -0.1) is 0 Å². The van der Waals surface area contributed by atoms with Crippen LogP contribution < -0.4 is 15.4 Å². The van der Waals surface area contributed by atoms with Gasteiger partial charge in [-0.25, -0.2) is 4.79 Å². The highest BCUT2D eigenvalue weighted by Gasteiger charge is 2.30. The molecular weight excluding hydrogens is 460 g/mol. The fourth-order valence-electron chi connectivity index (χ4n) is 4.43. The Bertz CT molecular complexity index is 1460.